The predicted molar refractivity (Wildman–Crippen MR) is 96.2 cm³/mol. The van der Waals surface area contributed by atoms with Gasteiger partial charge in [-0.1, -0.05) is 65.7 Å². The first-order valence-electron chi connectivity index (χ1n) is 7.25. The Hall–Kier alpha value is -2.42. The largest absolute Gasteiger partial charge is 0.289 e. The van der Waals surface area contributed by atoms with Crippen molar-refractivity contribution in [2.45, 2.75) is 0 Å². The molecule has 0 heterocycles. The minimum absolute atomic E-state index is 0.182. The molecule has 3 aromatic rings. The molecule has 0 fully saturated rings. The molecule has 2 nitrogen and oxygen atoms in total. The highest BCUT2D eigenvalue weighted by molar-refractivity contribution is 6.31. The van der Waals surface area contributed by atoms with E-state index in [0.29, 0.717) is 32.3 Å². The van der Waals surface area contributed by atoms with Gasteiger partial charge in [0.2, 0.25) is 0 Å². The molecule has 0 amide bonds. The number of carbonyl (C=O) groups excluding carboxylic acids is 2. The van der Waals surface area contributed by atoms with Crippen LogP contribution in [-0.4, -0.2) is 11.6 Å². The van der Waals surface area contributed by atoms with Crippen LogP contribution in [0.2, 0.25) is 10.0 Å². The molecule has 118 valence electrons. The smallest absolute Gasteiger partial charge is 0.193 e. The monoisotopic (exact) mass is 354 g/mol. The summed E-state index contributed by atoms with van der Waals surface area (Å²) in [6.07, 6.45) is 0. The van der Waals surface area contributed by atoms with Gasteiger partial charge in [0.15, 0.2) is 11.6 Å². The molecular weight excluding hydrogens is 343 g/mol. The van der Waals surface area contributed by atoms with Crippen LogP contribution < -0.4 is 0 Å². The van der Waals surface area contributed by atoms with Crippen LogP contribution in [0.15, 0.2) is 72.8 Å². The second-order valence-corrected chi connectivity index (χ2v) is 6.13. The average Bonchev–Trinajstić information content (AvgIpc) is 2.60. The van der Waals surface area contributed by atoms with Crippen LogP contribution in [0.25, 0.3) is 0 Å². The number of halogens is 2. The van der Waals surface area contributed by atoms with Crippen LogP contribution in [0.4, 0.5) is 0 Å². The third-order valence-corrected chi connectivity index (χ3v) is 4.03. The van der Waals surface area contributed by atoms with Gasteiger partial charge in [-0.25, -0.2) is 0 Å². The fraction of sp³-hybridized carbons (Fsp3) is 0. The van der Waals surface area contributed by atoms with Crippen LogP contribution >= 0.6 is 23.2 Å². The van der Waals surface area contributed by atoms with Crippen molar-refractivity contribution in [3.05, 3.63) is 105 Å². The van der Waals surface area contributed by atoms with Crippen molar-refractivity contribution in [1.29, 1.82) is 0 Å². The SMILES string of the molecule is O=C(c1cccc(Cl)c1)c1cccc(C(=O)c2cccc(Cl)c2)c1. The minimum Gasteiger partial charge on any atom is -0.289 e. The number of rotatable bonds is 4. The lowest BCUT2D eigenvalue weighted by molar-refractivity contribution is 0.103. The van der Waals surface area contributed by atoms with E-state index in [4.69, 9.17) is 23.2 Å². The zero-order chi connectivity index (χ0) is 17.1. The summed E-state index contributed by atoms with van der Waals surface area (Å²) in [4.78, 5) is 25.1. The number of hydrogen-bond donors (Lipinski definition) is 0. The fourth-order valence-corrected chi connectivity index (χ4v) is 2.78. The van der Waals surface area contributed by atoms with Gasteiger partial charge in [-0.15, -0.1) is 0 Å². The van der Waals surface area contributed by atoms with E-state index >= 15 is 0 Å². The molecule has 4 heteroatoms. The van der Waals surface area contributed by atoms with Crippen molar-refractivity contribution < 1.29 is 9.59 Å². The standard InChI is InChI=1S/C20H12Cl2O2/c21-17-8-2-6-15(11-17)19(23)13-4-1-5-14(10-13)20(24)16-7-3-9-18(22)12-16/h1-12H. The highest BCUT2D eigenvalue weighted by atomic mass is 35.5. The first-order valence-corrected chi connectivity index (χ1v) is 8.01. The Balaban J connectivity index is 1.94. The van der Waals surface area contributed by atoms with Crippen molar-refractivity contribution in [3.8, 4) is 0 Å². The number of hydrogen-bond acceptors (Lipinski definition) is 2. The molecule has 0 atom stereocenters. The van der Waals surface area contributed by atoms with E-state index in [2.05, 4.69) is 0 Å². The summed E-state index contributed by atoms with van der Waals surface area (Å²) in [6.45, 7) is 0. The number of carbonyl (C=O) groups is 2. The molecule has 0 bridgehead atoms. The van der Waals surface area contributed by atoms with Crippen LogP contribution in [0.1, 0.15) is 31.8 Å². The zero-order valence-corrected chi connectivity index (χ0v) is 14.0. The Labute approximate surface area is 149 Å². The molecule has 0 saturated heterocycles. The first kappa shape index (κ1) is 16.4. The van der Waals surface area contributed by atoms with Crippen LogP contribution in [0.5, 0.6) is 0 Å². The van der Waals surface area contributed by atoms with Crippen LogP contribution in [0.3, 0.4) is 0 Å². The van der Waals surface area contributed by atoms with E-state index in [0.717, 1.165) is 0 Å². The molecule has 3 aromatic carbocycles. The lowest BCUT2D eigenvalue weighted by atomic mass is 9.97. The van der Waals surface area contributed by atoms with Crippen molar-refractivity contribution in [2.75, 3.05) is 0 Å². The van der Waals surface area contributed by atoms with E-state index in [9.17, 15) is 9.59 Å². The third kappa shape index (κ3) is 3.56. The Morgan fingerprint density at radius 3 is 1.25 bits per heavy atom. The summed E-state index contributed by atoms with van der Waals surface area (Å²) < 4.78 is 0. The maximum atomic E-state index is 12.6. The summed E-state index contributed by atoms with van der Waals surface area (Å²) in [5.41, 5.74) is 1.83. The highest BCUT2D eigenvalue weighted by Gasteiger charge is 2.14. The third-order valence-electron chi connectivity index (χ3n) is 3.56. The summed E-state index contributed by atoms with van der Waals surface area (Å²) in [5.74, 6) is -0.364. The van der Waals surface area contributed by atoms with Gasteiger partial charge >= 0.3 is 0 Å². The molecule has 0 unspecified atom stereocenters. The molecule has 0 aliphatic rings. The molecule has 0 radical (unpaired) electrons. The van der Waals surface area contributed by atoms with Crippen molar-refractivity contribution in [2.24, 2.45) is 0 Å². The molecule has 0 aromatic heterocycles. The Morgan fingerprint density at radius 2 is 0.875 bits per heavy atom. The molecule has 0 aliphatic carbocycles. The van der Waals surface area contributed by atoms with Crippen molar-refractivity contribution in [3.63, 3.8) is 0 Å². The molecule has 24 heavy (non-hydrogen) atoms. The van der Waals surface area contributed by atoms with Gasteiger partial charge in [0.25, 0.3) is 0 Å². The lowest BCUT2D eigenvalue weighted by Gasteiger charge is -2.06. The van der Waals surface area contributed by atoms with E-state index < -0.39 is 0 Å². The van der Waals surface area contributed by atoms with E-state index in [1.165, 1.54) is 0 Å². The van der Waals surface area contributed by atoms with Gasteiger partial charge in [0, 0.05) is 32.3 Å². The van der Waals surface area contributed by atoms with Gasteiger partial charge in [0.05, 0.1) is 0 Å². The van der Waals surface area contributed by atoms with Gasteiger partial charge in [0.1, 0.15) is 0 Å². The predicted octanol–water partition coefficient (Wildman–Crippen LogP) is 5.46. The lowest BCUT2D eigenvalue weighted by Crippen LogP contribution is -2.05. The van der Waals surface area contributed by atoms with Crippen molar-refractivity contribution in [1.82, 2.24) is 0 Å². The normalized spacial score (nSPS) is 10.4. The minimum atomic E-state index is -0.182. The summed E-state index contributed by atoms with van der Waals surface area (Å²) in [6, 6.07) is 20.1. The zero-order valence-electron chi connectivity index (χ0n) is 12.5. The topological polar surface area (TPSA) is 34.1 Å². The molecule has 0 saturated carbocycles. The number of ketones is 2. The summed E-state index contributed by atoms with van der Waals surface area (Å²) in [7, 11) is 0. The maximum absolute atomic E-state index is 12.6. The molecule has 0 aliphatic heterocycles. The molecule has 0 spiro atoms. The molecule has 0 N–H and O–H groups in total. The first-order chi connectivity index (χ1) is 11.5. The Morgan fingerprint density at radius 1 is 0.542 bits per heavy atom. The van der Waals surface area contributed by atoms with E-state index in [1.54, 1.807) is 72.8 Å². The van der Waals surface area contributed by atoms with Gasteiger partial charge in [-0.3, -0.25) is 9.59 Å². The maximum Gasteiger partial charge on any atom is 0.193 e. The second kappa shape index (κ2) is 7.00. The van der Waals surface area contributed by atoms with Gasteiger partial charge in [-0.2, -0.15) is 0 Å². The summed E-state index contributed by atoms with van der Waals surface area (Å²) in [5, 5.41) is 0.985. The van der Waals surface area contributed by atoms with Crippen molar-refractivity contribution >= 4 is 34.8 Å². The molecule has 3 rings (SSSR count). The van der Waals surface area contributed by atoms with Gasteiger partial charge in [-0.05, 0) is 30.3 Å². The second-order valence-electron chi connectivity index (χ2n) is 5.26. The Kier molecular flexibility index (Phi) is 4.79. The highest BCUT2D eigenvalue weighted by Crippen LogP contribution is 2.19. The van der Waals surface area contributed by atoms with Crippen LogP contribution in [0, 0.1) is 0 Å². The fourth-order valence-electron chi connectivity index (χ4n) is 2.39. The van der Waals surface area contributed by atoms with Crippen LogP contribution in [-0.2, 0) is 0 Å². The van der Waals surface area contributed by atoms with E-state index in [-0.39, 0.29) is 11.6 Å². The van der Waals surface area contributed by atoms with E-state index in [1.807, 2.05) is 0 Å². The Bertz CT molecular complexity index is 859. The molecular formula is C20H12Cl2O2. The van der Waals surface area contributed by atoms with Gasteiger partial charge < -0.3 is 0 Å². The average molecular weight is 355 g/mol. The number of benzene rings is 3. The quantitative estimate of drug-likeness (QED) is 0.583. The summed E-state index contributed by atoms with van der Waals surface area (Å²) >= 11 is 11.9.